The van der Waals surface area contributed by atoms with E-state index in [4.69, 9.17) is 14.2 Å². The number of rotatable bonds is 7. The Morgan fingerprint density at radius 3 is 2.58 bits per heavy atom. The molecule has 24 heavy (non-hydrogen) atoms. The molecule has 0 saturated heterocycles. The van der Waals surface area contributed by atoms with Crippen LogP contribution in [0.3, 0.4) is 0 Å². The van der Waals surface area contributed by atoms with Gasteiger partial charge in [0.05, 0.1) is 13.7 Å². The predicted octanol–water partition coefficient (Wildman–Crippen LogP) is 4.14. The first-order chi connectivity index (χ1) is 11.5. The summed E-state index contributed by atoms with van der Waals surface area (Å²) < 4.78 is 16.2. The maximum atomic E-state index is 12.1. The van der Waals surface area contributed by atoms with Gasteiger partial charge in [-0.1, -0.05) is 31.6 Å². The Balaban J connectivity index is 1.80. The standard InChI is InChI=1S/C20H28O4/c1-14(2)18-10-5-15(3)11-19(18)24-20(21)13-23-12-16-6-8-17(22-4)9-7-16/h6-9,11,14,18-19H,5,10,12-13H2,1-4H3/t18-,19-/m1/s1. The average Bonchev–Trinajstić information content (AvgIpc) is 2.55. The molecule has 2 atom stereocenters. The minimum atomic E-state index is -0.301. The fourth-order valence-corrected chi connectivity index (χ4v) is 3.04. The number of allylic oxidation sites excluding steroid dienone is 1. The van der Waals surface area contributed by atoms with Crippen molar-refractivity contribution in [2.45, 2.75) is 46.3 Å². The molecule has 1 aromatic rings. The van der Waals surface area contributed by atoms with Gasteiger partial charge in [0.2, 0.25) is 0 Å². The number of carbonyl (C=O) groups excluding carboxylic acids is 1. The number of ether oxygens (including phenoxy) is 3. The third-order valence-electron chi connectivity index (χ3n) is 4.51. The van der Waals surface area contributed by atoms with Crippen molar-refractivity contribution in [3.63, 3.8) is 0 Å². The summed E-state index contributed by atoms with van der Waals surface area (Å²) in [6.07, 6.45) is 4.13. The van der Waals surface area contributed by atoms with Crippen molar-refractivity contribution in [2.75, 3.05) is 13.7 Å². The Labute approximate surface area is 144 Å². The Morgan fingerprint density at radius 2 is 1.96 bits per heavy atom. The summed E-state index contributed by atoms with van der Waals surface area (Å²) in [6, 6.07) is 7.60. The number of hydrogen-bond acceptors (Lipinski definition) is 4. The van der Waals surface area contributed by atoms with Gasteiger partial charge < -0.3 is 14.2 Å². The number of methoxy groups -OCH3 is 1. The minimum Gasteiger partial charge on any atom is -0.497 e. The minimum absolute atomic E-state index is 0.0275. The molecule has 0 N–H and O–H groups in total. The van der Waals surface area contributed by atoms with Gasteiger partial charge in [-0.3, -0.25) is 0 Å². The zero-order valence-electron chi connectivity index (χ0n) is 15.1. The normalized spacial score (nSPS) is 20.6. The molecule has 4 nitrogen and oxygen atoms in total. The van der Waals surface area contributed by atoms with Crippen LogP contribution in [-0.4, -0.2) is 25.8 Å². The molecule has 1 aliphatic rings. The Bertz CT molecular complexity index is 560. The highest BCUT2D eigenvalue weighted by molar-refractivity contribution is 5.71. The van der Waals surface area contributed by atoms with Crippen molar-refractivity contribution < 1.29 is 19.0 Å². The van der Waals surface area contributed by atoms with E-state index in [0.29, 0.717) is 18.4 Å². The molecule has 0 amide bonds. The highest BCUT2D eigenvalue weighted by atomic mass is 16.6. The summed E-state index contributed by atoms with van der Waals surface area (Å²) in [4.78, 5) is 12.1. The maximum absolute atomic E-state index is 12.1. The molecule has 0 aliphatic heterocycles. The monoisotopic (exact) mass is 332 g/mol. The lowest BCUT2D eigenvalue weighted by atomic mass is 9.80. The van der Waals surface area contributed by atoms with Crippen LogP contribution in [0.1, 0.15) is 39.2 Å². The fraction of sp³-hybridized carbons (Fsp3) is 0.550. The third kappa shape index (κ3) is 5.38. The lowest BCUT2D eigenvalue weighted by molar-refractivity contribution is -0.156. The number of benzene rings is 1. The molecular weight excluding hydrogens is 304 g/mol. The molecule has 0 aromatic heterocycles. The van der Waals surface area contributed by atoms with Crippen molar-refractivity contribution in [3.8, 4) is 5.75 Å². The summed E-state index contributed by atoms with van der Waals surface area (Å²) in [5.74, 6) is 1.38. The molecule has 0 radical (unpaired) electrons. The van der Waals surface area contributed by atoms with Gasteiger partial charge in [-0.2, -0.15) is 0 Å². The molecule has 0 bridgehead atoms. The van der Waals surface area contributed by atoms with E-state index >= 15 is 0 Å². The molecule has 0 saturated carbocycles. The fourth-order valence-electron chi connectivity index (χ4n) is 3.04. The largest absolute Gasteiger partial charge is 0.497 e. The van der Waals surface area contributed by atoms with E-state index in [1.165, 1.54) is 5.57 Å². The molecule has 4 heteroatoms. The quantitative estimate of drug-likeness (QED) is 0.556. The second-order valence-electron chi connectivity index (χ2n) is 6.75. The van der Waals surface area contributed by atoms with E-state index in [1.54, 1.807) is 7.11 Å². The lowest BCUT2D eigenvalue weighted by Gasteiger charge is -2.32. The van der Waals surface area contributed by atoms with Crippen LogP contribution in [0.25, 0.3) is 0 Å². The first-order valence-corrected chi connectivity index (χ1v) is 8.57. The van der Waals surface area contributed by atoms with Crippen molar-refractivity contribution in [1.29, 1.82) is 0 Å². The summed E-state index contributed by atoms with van der Waals surface area (Å²) in [5, 5.41) is 0. The van der Waals surface area contributed by atoms with Gasteiger partial charge >= 0.3 is 5.97 Å². The summed E-state index contributed by atoms with van der Waals surface area (Å²) in [6.45, 7) is 6.81. The molecule has 0 spiro atoms. The molecular formula is C20H28O4. The highest BCUT2D eigenvalue weighted by Crippen LogP contribution is 2.31. The van der Waals surface area contributed by atoms with Crippen LogP contribution >= 0.6 is 0 Å². The van der Waals surface area contributed by atoms with E-state index in [0.717, 1.165) is 24.2 Å². The SMILES string of the molecule is COc1ccc(COCC(=O)O[C@@H]2C=C(C)CC[C@@H]2C(C)C)cc1. The van der Waals surface area contributed by atoms with Crippen molar-refractivity contribution in [2.24, 2.45) is 11.8 Å². The zero-order valence-corrected chi connectivity index (χ0v) is 15.1. The number of esters is 1. The molecule has 1 aromatic carbocycles. The van der Waals surface area contributed by atoms with Gasteiger partial charge in [0.15, 0.2) is 0 Å². The smallest absolute Gasteiger partial charge is 0.332 e. The Kier molecular flexibility index (Phi) is 6.85. The molecule has 2 rings (SSSR count). The van der Waals surface area contributed by atoms with Crippen LogP contribution in [0.15, 0.2) is 35.9 Å². The molecule has 0 heterocycles. The lowest BCUT2D eigenvalue weighted by Crippen LogP contribution is -2.32. The average molecular weight is 332 g/mol. The van der Waals surface area contributed by atoms with E-state index in [-0.39, 0.29) is 18.7 Å². The van der Waals surface area contributed by atoms with E-state index in [1.807, 2.05) is 24.3 Å². The topological polar surface area (TPSA) is 44.8 Å². The third-order valence-corrected chi connectivity index (χ3v) is 4.51. The number of carbonyl (C=O) groups is 1. The van der Waals surface area contributed by atoms with Crippen LogP contribution in [0.5, 0.6) is 5.75 Å². The zero-order chi connectivity index (χ0) is 17.5. The highest BCUT2D eigenvalue weighted by Gasteiger charge is 2.29. The number of hydrogen-bond donors (Lipinski definition) is 0. The van der Waals surface area contributed by atoms with Crippen molar-refractivity contribution in [1.82, 2.24) is 0 Å². The van der Waals surface area contributed by atoms with Crippen molar-refractivity contribution in [3.05, 3.63) is 41.5 Å². The first kappa shape index (κ1) is 18.5. The van der Waals surface area contributed by atoms with E-state index in [2.05, 4.69) is 26.8 Å². The van der Waals surface area contributed by atoms with Gasteiger partial charge in [0.1, 0.15) is 18.5 Å². The van der Waals surface area contributed by atoms with Crippen LogP contribution < -0.4 is 4.74 Å². The van der Waals surface area contributed by atoms with Gasteiger partial charge in [-0.25, -0.2) is 4.79 Å². The van der Waals surface area contributed by atoms with Crippen molar-refractivity contribution >= 4 is 5.97 Å². The van der Waals surface area contributed by atoms with Gasteiger partial charge in [0.25, 0.3) is 0 Å². The van der Waals surface area contributed by atoms with Gasteiger partial charge in [-0.05, 0) is 49.5 Å². The summed E-state index contributed by atoms with van der Waals surface area (Å²) >= 11 is 0. The molecule has 1 aliphatic carbocycles. The Morgan fingerprint density at radius 1 is 1.25 bits per heavy atom. The van der Waals surface area contributed by atoms with E-state index in [9.17, 15) is 4.79 Å². The molecule has 132 valence electrons. The van der Waals surface area contributed by atoms with Gasteiger partial charge in [0, 0.05) is 5.92 Å². The molecule has 0 fully saturated rings. The van der Waals surface area contributed by atoms with Crippen LogP contribution in [0.4, 0.5) is 0 Å². The van der Waals surface area contributed by atoms with Crippen LogP contribution in [-0.2, 0) is 20.9 Å². The van der Waals surface area contributed by atoms with Crippen LogP contribution in [0.2, 0.25) is 0 Å². The molecule has 0 unspecified atom stereocenters. The first-order valence-electron chi connectivity index (χ1n) is 8.57. The maximum Gasteiger partial charge on any atom is 0.332 e. The summed E-state index contributed by atoms with van der Waals surface area (Å²) in [7, 11) is 1.63. The second-order valence-corrected chi connectivity index (χ2v) is 6.75. The van der Waals surface area contributed by atoms with Crippen LogP contribution in [0, 0.1) is 11.8 Å². The van der Waals surface area contributed by atoms with Gasteiger partial charge in [-0.15, -0.1) is 0 Å². The summed E-state index contributed by atoms with van der Waals surface area (Å²) in [5.41, 5.74) is 2.29. The van der Waals surface area contributed by atoms with E-state index < -0.39 is 0 Å². The Hall–Kier alpha value is -1.81. The second kappa shape index (κ2) is 8.88. The predicted molar refractivity (Wildman–Crippen MR) is 93.8 cm³/mol.